The van der Waals surface area contributed by atoms with Crippen LogP contribution in [0.4, 0.5) is 0 Å². The van der Waals surface area contributed by atoms with Crippen molar-refractivity contribution >= 4 is 22.8 Å². The summed E-state index contributed by atoms with van der Waals surface area (Å²) < 4.78 is 5.10. The van der Waals surface area contributed by atoms with Crippen LogP contribution in [0.25, 0.3) is 10.9 Å². The van der Waals surface area contributed by atoms with Crippen molar-refractivity contribution in [2.45, 2.75) is 38.0 Å². The number of amides is 1. The zero-order valence-electron chi connectivity index (χ0n) is 14.4. The van der Waals surface area contributed by atoms with Crippen molar-refractivity contribution in [2.75, 3.05) is 6.61 Å². The molecule has 6 nitrogen and oxygen atoms in total. The minimum Gasteiger partial charge on any atom is -0.458 e. The van der Waals surface area contributed by atoms with Gasteiger partial charge in [-0.25, -0.2) is 4.79 Å². The van der Waals surface area contributed by atoms with E-state index in [0.717, 1.165) is 22.2 Å². The highest BCUT2D eigenvalue weighted by atomic mass is 16.6. The second kappa shape index (κ2) is 5.14. The molecule has 3 aliphatic rings. The number of para-hydroxylation sites is 1. The molecule has 5 rings (SSSR count). The zero-order valence-corrected chi connectivity index (χ0v) is 14.4. The molecule has 1 N–H and O–H groups in total. The maximum absolute atomic E-state index is 13.1. The number of benzene rings is 1. The molecule has 0 saturated heterocycles. The third-order valence-electron chi connectivity index (χ3n) is 5.85. The lowest BCUT2D eigenvalue weighted by atomic mass is 9.79. The van der Waals surface area contributed by atoms with Crippen LogP contribution in [0.5, 0.6) is 0 Å². The Bertz CT molecular complexity index is 1010. The standard InChI is InChI=1S/C20H18N2O4/c1-2-20(25)14-8-16-17-12(7-11-5-3-4-6-15(11)21-17)9-22(16)18(23)13(14)10-26-19(20)24/h3-7,16,25H,2,8-10H2,1H3/t16?,20-/m0/s1. The molecule has 26 heavy (non-hydrogen) atoms. The van der Waals surface area contributed by atoms with Crippen LogP contribution in [0.2, 0.25) is 0 Å². The molecule has 132 valence electrons. The van der Waals surface area contributed by atoms with Crippen LogP contribution in [-0.4, -0.2) is 39.1 Å². The Morgan fingerprint density at radius 1 is 1.35 bits per heavy atom. The Kier molecular flexibility index (Phi) is 3.07. The van der Waals surface area contributed by atoms with E-state index < -0.39 is 11.6 Å². The van der Waals surface area contributed by atoms with Crippen LogP contribution in [0.3, 0.4) is 0 Å². The summed E-state index contributed by atoms with van der Waals surface area (Å²) in [5, 5.41) is 11.9. The number of esters is 1. The molecular formula is C20H18N2O4. The van der Waals surface area contributed by atoms with Crippen LogP contribution >= 0.6 is 0 Å². The van der Waals surface area contributed by atoms with Gasteiger partial charge in [0.1, 0.15) is 6.61 Å². The fourth-order valence-corrected chi connectivity index (χ4v) is 4.38. The minimum atomic E-state index is -1.71. The number of fused-ring (bicyclic) bond motifs is 4. The zero-order chi connectivity index (χ0) is 18.1. The van der Waals surface area contributed by atoms with Crippen molar-refractivity contribution in [3.63, 3.8) is 0 Å². The Labute approximate surface area is 150 Å². The molecule has 4 heterocycles. The number of rotatable bonds is 1. The molecule has 1 unspecified atom stereocenters. The van der Waals surface area contributed by atoms with Crippen LogP contribution < -0.4 is 0 Å². The van der Waals surface area contributed by atoms with Gasteiger partial charge < -0.3 is 14.7 Å². The van der Waals surface area contributed by atoms with E-state index in [2.05, 4.69) is 6.07 Å². The minimum absolute atomic E-state index is 0.0652. The second-order valence-electron chi connectivity index (χ2n) is 7.13. The molecule has 0 fully saturated rings. The van der Waals surface area contributed by atoms with E-state index >= 15 is 0 Å². The lowest BCUT2D eigenvalue weighted by Crippen LogP contribution is -2.51. The first-order valence-electron chi connectivity index (χ1n) is 8.84. The summed E-state index contributed by atoms with van der Waals surface area (Å²) >= 11 is 0. The van der Waals surface area contributed by atoms with Crippen LogP contribution in [0.15, 0.2) is 41.5 Å². The molecule has 6 heteroatoms. The van der Waals surface area contributed by atoms with E-state index in [1.54, 1.807) is 11.8 Å². The van der Waals surface area contributed by atoms with E-state index in [1.165, 1.54) is 0 Å². The number of carbonyl (C=O) groups excluding carboxylic acids is 2. The topological polar surface area (TPSA) is 79.7 Å². The molecule has 0 aliphatic carbocycles. The Morgan fingerprint density at radius 3 is 2.96 bits per heavy atom. The molecule has 0 bridgehead atoms. The molecule has 2 aromatic rings. The average Bonchev–Trinajstić information content (AvgIpc) is 3.01. The lowest BCUT2D eigenvalue weighted by Gasteiger charge is -2.41. The number of cyclic esters (lactones) is 1. The lowest BCUT2D eigenvalue weighted by molar-refractivity contribution is -0.165. The summed E-state index contributed by atoms with van der Waals surface area (Å²) in [5.74, 6) is -0.831. The predicted molar refractivity (Wildman–Crippen MR) is 92.9 cm³/mol. The number of nitrogens with zero attached hydrogens (tertiary/aromatic N) is 2. The summed E-state index contributed by atoms with van der Waals surface area (Å²) in [5.41, 5.74) is 1.98. The Hall–Kier alpha value is -2.73. The number of ether oxygens (including phenoxy) is 1. The van der Waals surface area contributed by atoms with Crippen molar-refractivity contribution in [2.24, 2.45) is 0 Å². The quantitative estimate of drug-likeness (QED) is 0.796. The first-order valence-corrected chi connectivity index (χ1v) is 8.84. The smallest absolute Gasteiger partial charge is 0.342 e. The van der Waals surface area contributed by atoms with Gasteiger partial charge in [-0.1, -0.05) is 25.1 Å². The van der Waals surface area contributed by atoms with Crippen molar-refractivity contribution < 1.29 is 19.4 Å². The van der Waals surface area contributed by atoms with Gasteiger partial charge in [-0.2, -0.15) is 0 Å². The first-order chi connectivity index (χ1) is 12.5. The van der Waals surface area contributed by atoms with Gasteiger partial charge in [0.2, 0.25) is 0 Å². The van der Waals surface area contributed by atoms with E-state index in [-0.39, 0.29) is 25.0 Å². The average molecular weight is 350 g/mol. The van der Waals surface area contributed by atoms with Gasteiger partial charge in [0.25, 0.3) is 5.91 Å². The summed E-state index contributed by atoms with van der Waals surface area (Å²) in [7, 11) is 0. The maximum atomic E-state index is 13.1. The highest BCUT2D eigenvalue weighted by Gasteiger charge is 2.52. The van der Waals surface area contributed by atoms with Crippen LogP contribution in [0.1, 0.15) is 37.1 Å². The number of hydrogen-bond donors (Lipinski definition) is 1. The SMILES string of the molecule is CC[C@@]1(O)C(=O)OCC2=C1CC1c3nc4ccccc4cc3CN1C2=O. The maximum Gasteiger partial charge on any atom is 0.342 e. The van der Waals surface area contributed by atoms with Crippen molar-refractivity contribution in [1.82, 2.24) is 9.88 Å². The van der Waals surface area contributed by atoms with E-state index in [0.29, 0.717) is 24.1 Å². The molecule has 1 amide bonds. The van der Waals surface area contributed by atoms with Gasteiger partial charge in [-0.15, -0.1) is 0 Å². The van der Waals surface area contributed by atoms with Crippen LogP contribution in [-0.2, 0) is 20.9 Å². The van der Waals surface area contributed by atoms with Crippen molar-refractivity contribution in [1.29, 1.82) is 0 Å². The second-order valence-corrected chi connectivity index (χ2v) is 7.13. The molecule has 0 saturated carbocycles. The monoisotopic (exact) mass is 350 g/mol. The molecule has 0 radical (unpaired) electrons. The number of aromatic nitrogens is 1. The first kappa shape index (κ1) is 15.5. The van der Waals surface area contributed by atoms with Gasteiger partial charge in [0, 0.05) is 11.9 Å². The Morgan fingerprint density at radius 2 is 2.15 bits per heavy atom. The third-order valence-corrected chi connectivity index (χ3v) is 5.85. The predicted octanol–water partition coefficient (Wildman–Crippen LogP) is 2.02. The summed E-state index contributed by atoms with van der Waals surface area (Å²) in [6, 6.07) is 9.70. The molecular weight excluding hydrogens is 332 g/mol. The van der Waals surface area contributed by atoms with Crippen molar-refractivity contribution in [3.05, 3.63) is 52.7 Å². The number of carbonyl (C=O) groups is 2. The molecule has 1 aromatic carbocycles. The fraction of sp³-hybridized carbons (Fsp3) is 0.350. The van der Waals surface area contributed by atoms with Gasteiger partial charge in [-0.05, 0) is 36.1 Å². The van der Waals surface area contributed by atoms with Crippen molar-refractivity contribution in [3.8, 4) is 0 Å². The van der Waals surface area contributed by atoms with Gasteiger partial charge >= 0.3 is 5.97 Å². The fourth-order valence-electron chi connectivity index (χ4n) is 4.38. The summed E-state index contributed by atoms with van der Waals surface area (Å²) in [4.78, 5) is 31.8. The third kappa shape index (κ3) is 1.88. The van der Waals surface area contributed by atoms with E-state index in [4.69, 9.17) is 9.72 Å². The number of hydrogen-bond acceptors (Lipinski definition) is 5. The molecule has 0 spiro atoms. The highest BCUT2D eigenvalue weighted by Crippen LogP contribution is 2.47. The number of aliphatic hydroxyl groups is 1. The summed E-state index contributed by atoms with van der Waals surface area (Å²) in [6.45, 7) is 2.15. The molecule has 1 aromatic heterocycles. The van der Waals surface area contributed by atoms with Gasteiger partial charge in [0.05, 0.1) is 22.8 Å². The van der Waals surface area contributed by atoms with Crippen LogP contribution in [0, 0.1) is 0 Å². The van der Waals surface area contributed by atoms with E-state index in [1.807, 2.05) is 24.3 Å². The number of pyridine rings is 1. The van der Waals surface area contributed by atoms with Gasteiger partial charge in [0.15, 0.2) is 5.60 Å². The molecule has 2 atom stereocenters. The van der Waals surface area contributed by atoms with Gasteiger partial charge in [-0.3, -0.25) is 9.78 Å². The highest BCUT2D eigenvalue weighted by molar-refractivity contribution is 6.01. The summed E-state index contributed by atoms with van der Waals surface area (Å²) in [6.07, 6.45) is 0.599. The Balaban J connectivity index is 1.64. The largest absolute Gasteiger partial charge is 0.458 e. The molecule has 3 aliphatic heterocycles. The van der Waals surface area contributed by atoms with E-state index in [9.17, 15) is 14.7 Å². The normalized spacial score (nSPS) is 27.3.